The van der Waals surface area contributed by atoms with Gasteiger partial charge in [-0.2, -0.15) is 0 Å². The molecule has 0 fully saturated rings. The standard InChI is InChI=1S/3C4H6O2.C3H8O.Ti/c3*1-3(2)4(5)6;1-3(2)4;/h3*1H2,2H3,(H,5,6);3-4H,1-2H3;/q;;;;+3/p-3. The van der Waals surface area contributed by atoms with Crippen molar-refractivity contribution in [3.63, 3.8) is 0 Å². The van der Waals surface area contributed by atoms with E-state index in [1.54, 1.807) is 13.8 Å². The summed E-state index contributed by atoms with van der Waals surface area (Å²) in [4.78, 5) is 28.5. The Morgan fingerprint density at radius 2 is 0.783 bits per heavy atom. The minimum atomic E-state index is -1.19. The largest absolute Gasteiger partial charge is 3.00 e. The zero-order valence-electron chi connectivity index (χ0n) is 14.1. The number of carboxylic acids is 3. The molecule has 0 aliphatic heterocycles. The third kappa shape index (κ3) is 64.1. The van der Waals surface area contributed by atoms with E-state index in [-0.39, 0.29) is 44.5 Å². The van der Waals surface area contributed by atoms with Crippen molar-refractivity contribution in [2.75, 3.05) is 0 Å². The van der Waals surface area contributed by atoms with E-state index in [9.17, 15) is 29.7 Å². The zero-order valence-corrected chi connectivity index (χ0v) is 15.7. The smallest absolute Gasteiger partial charge is 0.545 e. The van der Waals surface area contributed by atoms with Gasteiger partial charge in [0.15, 0.2) is 0 Å². The van der Waals surface area contributed by atoms with Crippen LogP contribution in [-0.2, 0) is 36.1 Å². The Balaban J connectivity index is -0.0000000624. The molecular weight excluding hydrogens is 340 g/mol. The molecule has 0 aromatic heterocycles. The van der Waals surface area contributed by atoms with Gasteiger partial charge in [0.2, 0.25) is 0 Å². The summed E-state index contributed by atoms with van der Waals surface area (Å²) in [7, 11) is 0. The number of carbonyl (C=O) groups excluding carboxylic acids is 3. The molecular formula is C15H23O7Ti. The van der Waals surface area contributed by atoms with E-state index in [0.29, 0.717) is 0 Å². The quantitative estimate of drug-likeness (QED) is 0.466. The number of rotatable bonds is 3. The Morgan fingerprint density at radius 3 is 0.783 bits per heavy atom. The maximum absolute atomic E-state index is 9.49. The SMILES string of the molecule is C=C(C)C(=O)[O-].C=C(C)C(=O)[O-].C=C(C)C(=O)[O-].CC(C)O.[Ti+3]. The molecule has 1 radical (unpaired) electrons. The second-order valence-corrected chi connectivity index (χ2v) is 4.30. The molecule has 0 heterocycles. The average molecular weight is 363 g/mol. The van der Waals surface area contributed by atoms with Crippen molar-refractivity contribution in [3.05, 3.63) is 36.5 Å². The molecule has 0 spiro atoms. The third-order valence-corrected chi connectivity index (χ3v) is 1.05. The van der Waals surface area contributed by atoms with Gasteiger partial charge in [0.05, 0.1) is 17.9 Å². The molecule has 0 aromatic carbocycles. The molecule has 7 nitrogen and oxygen atoms in total. The van der Waals surface area contributed by atoms with Gasteiger partial charge in [-0.15, -0.1) is 0 Å². The number of hydrogen-bond acceptors (Lipinski definition) is 7. The van der Waals surface area contributed by atoms with Gasteiger partial charge in [-0.25, -0.2) is 0 Å². The Kier molecular flexibility index (Phi) is 29.2. The van der Waals surface area contributed by atoms with Crippen molar-refractivity contribution in [1.29, 1.82) is 0 Å². The molecule has 23 heavy (non-hydrogen) atoms. The first kappa shape index (κ1) is 33.0. The predicted molar refractivity (Wildman–Crippen MR) is 76.8 cm³/mol. The first-order chi connectivity index (χ1) is 9.66. The number of aliphatic carboxylic acids is 3. The normalized spacial score (nSPS) is 7.43. The average Bonchev–Trinajstić information content (AvgIpc) is 2.29. The van der Waals surface area contributed by atoms with Crippen LogP contribution in [0.2, 0.25) is 0 Å². The predicted octanol–water partition coefficient (Wildman–Crippen LogP) is -1.68. The second-order valence-electron chi connectivity index (χ2n) is 4.30. The van der Waals surface area contributed by atoms with E-state index >= 15 is 0 Å². The van der Waals surface area contributed by atoms with Crippen molar-refractivity contribution >= 4 is 17.9 Å². The summed E-state index contributed by atoms with van der Waals surface area (Å²) in [5.41, 5.74) is 0.194. The van der Waals surface area contributed by atoms with Gasteiger partial charge in [0, 0.05) is 6.10 Å². The Hall–Kier alpha value is -1.70. The van der Waals surface area contributed by atoms with Crippen molar-refractivity contribution in [2.45, 2.75) is 40.7 Å². The van der Waals surface area contributed by atoms with Gasteiger partial charge in [-0.05, 0) is 51.3 Å². The van der Waals surface area contributed by atoms with E-state index in [4.69, 9.17) is 5.11 Å². The molecule has 0 rings (SSSR count). The fraction of sp³-hybridized carbons (Fsp3) is 0.400. The number of aliphatic hydroxyl groups excluding tert-OH is 1. The maximum Gasteiger partial charge on any atom is 3.00 e. The fourth-order valence-corrected chi connectivity index (χ4v) is 0. The second kappa shape index (κ2) is 20.3. The first-order valence-corrected chi connectivity index (χ1v) is 5.95. The summed E-state index contributed by atoms with van der Waals surface area (Å²) in [6, 6.07) is 0. The Morgan fingerprint density at radius 1 is 0.739 bits per heavy atom. The minimum Gasteiger partial charge on any atom is -0.545 e. The first-order valence-electron chi connectivity index (χ1n) is 5.95. The third-order valence-electron chi connectivity index (χ3n) is 1.05. The van der Waals surface area contributed by atoms with Crippen LogP contribution in [0.4, 0.5) is 0 Å². The summed E-state index contributed by atoms with van der Waals surface area (Å²) >= 11 is 0. The van der Waals surface area contributed by atoms with Gasteiger partial charge in [-0.3, -0.25) is 0 Å². The van der Waals surface area contributed by atoms with E-state index in [2.05, 4.69) is 19.7 Å². The topological polar surface area (TPSA) is 141 Å². The Labute approximate surface area is 151 Å². The van der Waals surface area contributed by atoms with Crippen LogP contribution in [0.25, 0.3) is 0 Å². The number of carboxylic acid groups (broad SMARTS) is 3. The molecule has 0 saturated carbocycles. The van der Waals surface area contributed by atoms with Gasteiger partial charge < -0.3 is 34.8 Å². The van der Waals surface area contributed by atoms with E-state index in [1.807, 2.05) is 0 Å². The summed E-state index contributed by atoms with van der Waals surface area (Å²) in [6.45, 7) is 16.9. The molecule has 0 amide bonds. The summed E-state index contributed by atoms with van der Waals surface area (Å²) in [5.74, 6) is -3.56. The summed E-state index contributed by atoms with van der Waals surface area (Å²) in [6.07, 6.45) is -0.167. The summed E-state index contributed by atoms with van der Waals surface area (Å²) < 4.78 is 0. The van der Waals surface area contributed by atoms with Crippen LogP contribution in [0.3, 0.4) is 0 Å². The molecule has 0 unspecified atom stereocenters. The Bertz CT molecular complexity index is 316. The maximum atomic E-state index is 9.49. The number of hydrogen-bond donors (Lipinski definition) is 1. The molecule has 0 aliphatic carbocycles. The molecule has 129 valence electrons. The molecule has 0 saturated heterocycles. The molecule has 0 atom stereocenters. The number of aliphatic hydroxyl groups is 1. The van der Waals surface area contributed by atoms with Crippen LogP contribution in [0, 0.1) is 0 Å². The number of carbonyl (C=O) groups is 3. The van der Waals surface area contributed by atoms with Gasteiger partial charge >= 0.3 is 21.7 Å². The van der Waals surface area contributed by atoms with Gasteiger partial charge in [0.25, 0.3) is 0 Å². The van der Waals surface area contributed by atoms with Crippen molar-refractivity contribution in [2.24, 2.45) is 0 Å². The zero-order chi connectivity index (χ0) is 19.0. The van der Waals surface area contributed by atoms with E-state index in [0.717, 1.165) is 0 Å². The van der Waals surface area contributed by atoms with Crippen LogP contribution < -0.4 is 15.3 Å². The van der Waals surface area contributed by atoms with Crippen LogP contribution >= 0.6 is 0 Å². The van der Waals surface area contributed by atoms with Crippen LogP contribution in [0.5, 0.6) is 0 Å². The molecule has 0 bridgehead atoms. The van der Waals surface area contributed by atoms with Crippen molar-refractivity contribution in [3.8, 4) is 0 Å². The molecule has 0 aromatic rings. The monoisotopic (exact) mass is 363 g/mol. The van der Waals surface area contributed by atoms with Crippen molar-refractivity contribution in [1.82, 2.24) is 0 Å². The van der Waals surface area contributed by atoms with Gasteiger partial charge in [-0.1, -0.05) is 19.7 Å². The van der Waals surface area contributed by atoms with Crippen LogP contribution in [0.15, 0.2) is 36.5 Å². The minimum absolute atomic E-state index is 0. The van der Waals surface area contributed by atoms with Crippen LogP contribution in [-0.4, -0.2) is 29.1 Å². The van der Waals surface area contributed by atoms with Crippen LogP contribution in [0.1, 0.15) is 34.6 Å². The van der Waals surface area contributed by atoms with E-state index in [1.165, 1.54) is 20.8 Å². The van der Waals surface area contributed by atoms with Crippen molar-refractivity contribution < 1.29 is 56.5 Å². The molecule has 1 N–H and O–H groups in total. The summed E-state index contributed by atoms with van der Waals surface area (Å²) in [5, 5.41) is 36.5. The molecule has 8 heteroatoms. The van der Waals surface area contributed by atoms with Gasteiger partial charge in [0.1, 0.15) is 0 Å². The fourth-order valence-electron chi connectivity index (χ4n) is 0. The van der Waals surface area contributed by atoms with E-state index < -0.39 is 17.9 Å². The molecule has 0 aliphatic rings.